The van der Waals surface area contributed by atoms with Crippen molar-refractivity contribution in [2.45, 2.75) is 51.2 Å². The van der Waals surface area contributed by atoms with E-state index in [0.717, 1.165) is 42.7 Å². The first-order valence-electron chi connectivity index (χ1n) is 10.5. The second-order valence-electron chi connectivity index (χ2n) is 7.29. The molecule has 1 heterocycles. The van der Waals surface area contributed by atoms with Crippen LogP contribution in [0.4, 0.5) is 0 Å². The zero-order valence-corrected chi connectivity index (χ0v) is 17.6. The summed E-state index contributed by atoms with van der Waals surface area (Å²) in [5.41, 5.74) is 1.95. The zero-order chi connectivity index (χ0) is 20.3. The molecule has 1 aromatic heterocycles. The van der Waals surface area contributed by atoms with Crippen LogP contribution in [0.15, 0.2) is 41.5 Å². The molecule has 1 saturated carbocycles. The zero-order valence-electron chi connectivity index (χ0n) is 17.6. The van der Waals surface area contributed by atoms with Crippen LogP contribution >= 0.6 is 0 Å². The van der Waals surface area contributed by atoms with E-state index < -0.39 is 0 Å². The third kappa shape index (κ3) is 6.78. The highest BCUT2D eigenvalue weighted by Gasteiger charge is 2.13. The van der Waals surface area contributed by atoms with E-state index in [4.69, 9.17) is 9.47 Å². The fraction of sp³-hybridized carbons (Fsp3) is 0.545. The predicted octanol–water partition coefficient (Wildman–Crippen LogP) is 3.29. The lowest BCUT2D eigenvalue weighted by Crippen LogP contribution is -2.37. The standard InChI is InChI=1S/C22H33N5O2/c1-23-22(24-14-6-16-29-21-7-4-3-5-8-21)25-17-18-13-15-27(26-18)19-9-11-20(28-2)12-10-19/h9-13,15,21H,3-8,14,16-17H2,1-2H3,(H2,23,24,25). The van der Waals surface area contributed by atoms with Crippen LogP contribution in [0.2, 0.25) is 0 Å². The van der Waals surface area contributed by atoms with Gasteiger partial charge in [-0.2, -0.15) is 5.10 Å². The fourth-order valence-corrected chi connectivity index (χ4v) is 3.49. The summed E-state index contributed by atoms with van der Waals surface area (Å²) in [6, 6.07) is 9.83. The smallest absolute Gasteiger partial charge is 0.191 e. The topological polar surface area (TPSA) is 72.7 Å². The van der Waals surface area contributed by atoms with Crippen LogP contribution in [0, 0.1) is 0 Å². The number of hydrogen-bond acceptors (Lipinski definition) is 4. The first-order valence-corrected chi connectivity index (χ1v) is 10.5. The van der Waals surface area contributed by atoms with Gasteiger partial charge in [0.25, 0.3) is 0 Å². The van der Waals surface area contributed by atoms with Gasteiger partial charge in [-0.05, 0) is 49.6 Å². The van der Waals surface area contributed by atoms with Crippen molar-refractivity contribution in [3.63, 3.8) is 0 Å². The minimum atomic E-state index is 0.474. The molecule has 0 spiro atoms. The normalized spacial score (nSPS) is 15.3. The second kappa shape index (κ2) is 11.5. The predicted molar refractivity (Wildman–Crippen MR) is 116 cm³/mol. The Morgan fingerprint density at radius 2 is 1.93 bits per heavy atom. The highest BCUT2D eigenvalue weighted by Crippen LogP contribution is 2.20. The van der Waals surface area contributed by atoms with E-state index >= 15 is 0 Å². The van der Waals surface area contributed by atoms with Gasteiger partial charge in [0.05, 0.1) is 31.1 Å². The average Bonchev–Trinajstić information content (AvgIpc) is 3.25. The molecule has 0 atom stereocenters. The Morgan fingerprint density at radius 3 is 2.66 bits per heavy atom. The van der Waals surface area contributed by atoms with Crippen LogP contribution in [-0.4, -0.2) is 49.2 Å². The molecule has 0 aliphatic heterocycles. The van der Waals surface area contributed by atoms with Crippen molar-refractivity contribution in [1.29, 1.82) is 0 Å². The Balaban J connectivity index is 1.36. The average molecular weight is 400 g/mol. The number of guanidine groups is 1. The molecule has 1 aliphatic rings. The van der Waals surface area contributed by atoms with Crippen molar-refractivity contribution in [3.8, 4) is 11.4 Å². The maximum absolute atomic E-state index is 5.97. The Bertz CT molecular complexity index is 751. The Kier molecular flexibility index (Phi) is 8.37. The monoisotopic (exact) mass is 399 g/mol. The van der Waals surface area contributed by atoms with Gasteiger partial charge in [0, 0.05) is 26.4 Å². The summed E-state index contributed by atoms with van der Waals surface area (Å²) in [7, 11) is 3.45. The molecule has 0 saturated heterocycles. The molecule has 3 rings (SSSR count). The lowest BCUT2D eigenvalue weighted by atomic mass is 9.98. The van der Waals surface area contributed by atoms with Gasteiger partial charge in [-0.25, -0.2) is 4.68 Å². The molecule has 158 valence electrons. The SMILES string of the molecule is CN=C(NCCCOC1CCCCC1)NCc1ccn(-c2ccc(OC)cc2)n1. The molecule has 2 N–H and O–H groups in total. The van der Waals surface area contributed by atoms with E-state index in [0.29, 0.717) is 12.6 Å². The van der Waals surface area contributed by atoms with Gasteiger partial charge >= 0.3 is 0 Å². The third-order valence-electron chi connectivity index (χ3n) is 5.16. The number of rotatable bonds is 9. The minimum Gasteiger partial charge on any atom is -0.497 e. The Labute approximate surface area is 173 Å². The lowest BCUT2D eigenvalue weighted by molar-refractivity contribution is 0.0277. The van der Waals surface area contributed by atoms with E-state index in [1.54, 1.807) is 14.2 Å². The van der Waals surface area contributed by atoms with Crippen molar-refractivity contribution >= 4 is 5.96 Å². The minimum absolute atomic E-state index is 0.474. The molecule has 0 radical (unpaired) electrons. The van der Waals surface area contributed by atoms with E-state index in [2.05, 4.69) is 20.7 Å². The second-order valence-corrected chi connectivity index (χ2v) is 7.29. The van der Waals surface area contributed by atoms with Gasteiger partial charge in [0.1, 0.15) is 5.75 Å². The van der Waals surface area contributed by atoms with Crippen molar-refractivity contribution in [2.24, 2.45) is 4.99 Å². The number of nitrogens with zero attached hydrogens (tertiary/aromatic N) is 3. The van der Waals surface area contributed by atoms with E-state index in [-0.39, 0.29) is 0 Å². The molecule has 1 aliphatic carbocycles. The fourth-order valence-electron chi connectivity index (χ4n) is 3.49. The lowest BCUT2D eigenvalue weighted by Gasteiger charge is -2.22. The van der Waals surface area contributed by atoms with Crippen LogP contribution in [-0.2, 0) is 11.3 Å². The highest BCUT2D eigenvalue weighted by molar-refractivity contribution is 5.79. The molecular weight excluding hydrogens is 366 g/mol. The number of ether oxygens (including phenoxy) is 2. The van der Waals surface area contributed by atoms with Gasteiger partial charge in [-0.3, -0.25) is 4.99 Å². The molecule has 0 amide bonds. The van der Waals surface area contributed by atoms with Crippen molar-refractivity contribution < 1.29 is 9.47 Å². The van der Waals surface area contributed by atoms with Crippen molar-refractivity contribution in [2.75, 3.05) is 27.3 Å². The number of nitrogens with one attached hydrogen (secondary N) is 2. The summed E-state index contributed by atoms with van der Waals surface area (Å²) in [6.07, 6.45) is 9.84. The van der Waals surface area contributed by atoms with Crippen LogP contribution in [0.25, 0.3) is 5.69 Å². The Hall–Kier alpha value is -2.54. The summed E-state index contributed by atoms with van der Waals surface area (Å²) >= 11 is 0. The van der Waals surface area contributed by atoms with Gasteiger partial charge < -0.3 is 20.1 Å². The largest absolute Gasteiger partial charge is 0.497 e. The molecule has 0 bridgehead atoms. The molecule has 7 heteroatoms. The molecular formula is C22H33N5O2. The molecule has 2 aromatic rings. The van der Waals surface area contributed by atoms with Gasteiger partial charge in [-0.1, -0.05) is 19.3 Å². The van der Waals surface area contributed by atoms with Gasteiger partial charge in [0.15, 0.2) is 5.96 Å². The number of benzene rings is 1. The molecule has 7 nitrogen and oxygen atoms in total. The summed E-state index contributed by atoms with van der Waals surface area (Å²) in [5.74, 6) is 1.61. The summed E-state index contributed by atoms with van der Waals surface area (Å²) in [4.78, 5) is 4.28. The highest BCUT2D eigenvalue weighted by atomic mass is 16.5. The van der Waals surface area contributed by atoms with Crippen LogP contribution in [0.3, 0.4) is 0 Å². The van der Waals surface area contributed by atoms with Crippen LogP contribution in [0.5, 0.6) is 5.75 Å². The summed E-state index contributed by atoms with van der Waals surface area (Å²) < 4.78 is 13.0. The number of methoxy groups -OCH3 is 1. The van der Waals surface area contributed by atoms with Crippen molar-refractivity contribution in [1.82, 2.24) is 20.4 Å². The molecule has 1 aromatic carbocycles. The molecule has 29 heavy (non-hydrogen) atoms. The first-order chi connectivity index (χ1) is 14.3. The van der Waals surface area contributed by atoms with E-state index in [1.165, 1.54) is 32.1 Å². The van der Waals surface area contributed by atoms with Gasteiger partial charge in [-0.15, -0.1) is 0 Å². The number of aliphatic imine (C=N–C) groups is 1. The third-order valence-corrected chi connectivity index (χ3v) is 5.16. The summed E-state index contributed by atoms with van der Waals surface area (Å²) in [5, 5.41) is 11.3. The maximum atomic E-state index is 5.97. The van der Waals surface area contributed by atoms with Crippen LogP contribution < -0.4 is 15.4 Å². The quantitative estimate of drug-likeness (QED) is 0.385. The number of hydrogen-bond donors (Lipinski definition) is 2. The van der Waals surface area contributed by atoms with Crippen LogP contribution in [0.1, 0.15) is 44.2 Å². The molecule has 0 unspecified atom stereocenters. The summed E-state index contributed by atoms with van der Waals surface area (Å²) in [6.45, 7) is 2.26. The van der Waals surface area contributed by atoms with E-state index in [9.17, 15) is 0 Å². The maximum Gasteiger partial charge on any atom is 0.191 e. The van der Waals surface area contributed by atoms with E-state index in [1.807, 2.05) is 41.2 Å². The Morgan fingerprint density at radius 1 is 1.14 bits per heavy atom. The van der Waals surface area contributed by atoms with Gasteiger partial charge in [0.2, 0.25) is 0 Å². The first kappa shape index (κ1) is 21.2. The van der Waals surface area contributed by atoms with Crippen molar-refractivity contribution in [3.05, 3.63) is 42.2 Å². The molecule has 1 fully saturated rings. The number of aromatic nitrogens is 2.